The molecular weight excluding hydrogens is 342 g/mol. The number of aromatic nitrogens is 3. The molecule has 3 aromatic rings. The van der Waals surface area contributed by atoms with Gasteiger partial charge in [-0.25, -0.2) is 10.4 Å². The van der Waals surface area contributed by atoms with E-state index in [1.165, 1.54) is 0 Å². The molecule has 0 atom stereocenters. The summed E-state index contributed by atoms with van der Waals surface area (Å²) in [5.74, 6) is 1.87. The summed E-state index contributed by atoms with van der Waals surface area (Å²) in [6.45, 7) is 4.09. The maximum atomic E-state index is 5.44. The lowest BCUT2D eigenvalue weighted by molar-refractivity contribution is 0.363. The number of nitrogens with one attached hydrogen (secondary N) is 1. The van der Waals surface area contributed by atoms with E-state index in [9.17, 15) is 0 Å². The zero-order valence-corrected chi connectivity index (χ0v) is 14.9. The van der Waals surface area contributed by atoms with E-state index in [1.54, 1.807) is 25.6 Å². The molecule has 3 rings (SSSR count). The molecule has 1 N–H and O–H groups in total. The van der Waals surface area contributed by atoms with Crippen LogP contribution in [0.4, 0.5) is 5.95 Å². The molecule has 0 saturated carbocycles. The molecule has 0 fully saturated rings. The molecule has 0 aliphatic carbocycles. The van der Waals surface area contributed by atoms with Crippen molar-refractivity contribution in [1.29, 1.82) is 0 Å². The third-order valence-electron chi connectivity index (χ3n) is 3.57. The van der Waals surface area contributed by atoms with Gasteiger partial charge in [-0.2, -0.15) is 10.2 Å². The fourth-order valence-corrected chi connectivity index (χ4v) is 2.22. The second-order valence-corrected chi connectivity index (χ2v) is 5.43. The van der Waals surface area contributed by atoms with Gasteiger partial charge in [0, 0.05) is 5.56 Å². The van der Waals surface area contributed by atoms with Crippen LogP contribution in [0.15, 0.2) is 72.5 Å². The smallest absolute Gasteiger partial charge is 0.263 e. The standard InChI is InChI=1S/C20H19N5O2/c1-3-12-27-18-8-4-15(5-9-18)13-21-24-20-23-19(14-22-25-20)16-6-10-17(26-2)11-7-16/h3-11,13-14H,1,12H2,2H3,(H,23,24,25). The van der Waals surface area contributed by atoms with E-state index in [1.807, 2.05) is 48.5 Å². The molecule has 27 heavy (non-hydrogen) atoms. The van der Waals surface area contributed by atoms with Crippen LogP contribution < -0.4 is 14.9 Å². The Hall–Kier alpha value is -3.74. The first-order chi connectivity index (χ1) is 13.3. The van der Waals surface area contributed by atoms with Gasteiger partial charge in [-0.3, -0.25) is 0 Å². The molecule has 0 spiro atoms. The molecule has 0 aliphatic heterocycles. The molecule has 0 saturated heterocycles. The lowest BCUT2D eigenvalue weighted by atomic mass is 10.1. The Bertz CT molecular complexity index is 908. The maximum absolute atomic E-state index is 5.44. The van der Waals surface area contributed by atoms with Crippen molar-refractivity contribution >= 4 is 12.2 Å². The molecule has 7 nitrogen and oxygen atoms in total. The van der Waals surface area contributed by atoms with Crippen molar-refractivity contribution in [1.82, 2.24) is 15.2 Å². The van der Waals surface area contributed by atoms with E-state index < -0.39 is 0 Å². The first-order valence-electron chi connectivity index (χ1n) is 8.25. The van der Waals surface area contributed by atoms with Gasteiger partial charge in [0.05, 0.1) is 25.2 Å². The summed E-state index contributed by atoms with van der Waals surface area (Å²) in [6.07, 6.45) is 4.97. The molecule has 136 valence electrons. The van der Waals surface area contributed by atoms with Crippen LogP contribution in [0.2, 0.25) is 0 Å². The molecule has 0 aliphatic rings. The fraction of sp³-hybridized carbons (Fsp3) is 0.100. The summed E-state index contributed by atoms with van der Waals surface area (Å²) >= 11 is 0. The van der Waals surface area contributed by atoms with Gasteiger partial charge < -0.3 is 9.47 Å². The number of benzene rings is 2. The monoisotopic (exact) mass is 361 g/mol. The van der Waals surface area contributed by atoms with Gasteiger partial charge in [0.15, 0.2) is 0 Å². The highest BCUT2D eigenvalue weighted by Crippen LogP contribution is 2.20. The predicted molar refractivity (Wildman–Crippen MR) is 105 cm³/mol. The predicted octanol–water partition coefficient (Wildman–Crippen LogP) is 3.56. The number of ether oxygens (including phenoxy) is 2. The van der Waals surface area contributed by atoms with E-state index in [0.29, 0.717) is 18.2 Å². The van der Waals surface area contributed by atoms with Gasteiger partial charge in [-0.15, -0.1) is 5.10 Å². The van der Waals surface area contributed by atoms with Gasteiger partial charge in [-0.05, 0) is 54.1 Å². The van der Waals surface area contributed by atoms with Crippen molar-refractivity contribution in [2.45, 2.75) is 0 Å². The van der Waals surface area contributed by atoms with Crippen LogP contribution in [0, 0.1) is 0 Å². The van der Waals surface area contributed by atoms with Crippen molar-refractivity contribution in [3.8, 4) is 22.8 Å². The number of hydrazone groups is 1. The Balaban J connectivity index is 1.63. The quantitative estimate of drug-likeness (QED) is 0.375. The summed E-state index contributed by atoms with van der Waals surface area (Å²) < 4.78 is 10.6. The van der Waals surface area contributed by atoms with Gasteiger partial charge in [0.1, 0.15) is 18.1 Å². The largest absolute Gasteiger partial charge is 0.497 e. The highest BCUT2D eigenvalue weighted by atomic mass is 16.5. The van der Waals surface area contributed by atoms with Crippen LogP contribution in [-0.4, -0.2) is 35.1 Å². The normalized spacial score (nSPS) is 10.6. The fourth-order valence-electron chi connectivity index (χ4n) is 2.22. The number of nitrogens with zero attached hydrogens (tertiary/aromatic N) is 4. The van der Waals surface area contributed by atoms with Crippen molar-refractivity contribution in [3.63, 3.8) is 0 Å². The van der Waals surface area contributed by atoms with E-state index in [4.69, 9.17) is 9.47 Å². The molecule has 0 radical (unpaired) electrons. The van der Waals surface area contributed by atoms with Crippen molar-refractivity contribution in [2.75, 3.05) is 19.1 Å². The SMILES string of the molecule is C=CCOc1ccc(C=NNc2nncc(-c3ccc(OC)cc3)n2)cc1. The molecule has 0 amide bonds. The highest BCUT2D eigenvalue weighted by Gasteiger charge is 2.03. The first-order valence-corrected chi connectivity index (χ1v) is 8.25. The van der Waals surface area contributed by atoms with E-state index in [0.717, 1.165) is 22.6 Å². The van der Waals surface area contributed by atoms with E-state index in [-0.39, 0.29) is 0 Å². The van der Waals surface area contributed by atoms with Crippen LogP contribution in [0.1, 0.15) is 5.56 Å². The molecule has 2 aromatic carbocycles. The van der Waals surface area contributed by atoms with Gasteiger partial charge >= 0.3 is 0 Å². The average Bonchev–Trinajstić information content (AvgIpc) is 2.73. The Morgan fingerprint density at radius 1 is 1.07 bits per heavy atom. The molecular formula is C20H19N5O2. The van der Waals surface area contributed by atoms with E-state index in [2.05, 4.69) is 32.3 Å². The van der Waals surface area contributed by atoms with Crippen LogP contribution in [-0.2, 0) is 0 Å². The van der Waals surface area contributed by atoms with Crippen LogP contribution >= 0.6 is 0 Å². The third-order valence-corrected chi connectivity index (χ3v) is 3.57. The Kier molecular flexibility index (Phi) is 6.08. The number of methoxy groups -OCH3 is 1. The first kappa shape index (κ1) is 18.1. The van der Waals surface area contributed by atoms with Crippen LogP contribution in [0.25, 0.3) is 11.3 Å². The lowest BCUT2D eigenvalue weighted by Crippen LogP contribution is -2.00. The maximum Gasteiger partial charge on any atom is 0.263 e. The molecule has 1 aromatic heterocycles. The van der Waals surface area contributed by atoms with Crippen molar-refractivity contribution in [3.05, 3.63) is 72.9 Å². The zero-order chi connectivity index (χ0) is 18.9. The topological polar surface area (TPSA) is 81.5 Å². The number of rotatable bonds is 8. The summed E-state index contributed by atoms with van der Waals surface area (Å²) in [5, 5.41) is 12.1. The van der Waals surface area contributed by atoms with Crippen LogP contribution in [0.5, 0.6) is 11.5 Å². The van der Waals surface area contributed by atoms with Crippen molar-refractivity contribution < 1.29 is 9.47 Å². The molecule has 1 heterocycles. The van der Waals surface area contributed by atoms with Gasteiger partial charge in [0.2, 0.25) is 0 Å². The van der Waals surface area contributed by atoms with E-state index >= 15 is 0 Å². The summed E-state index contributed by atoms with van der Waals surface area (Å²) in [4.78, 5) is 4.41. The zero-order valence-electron chi connectivity index (χ0n) is 14.9. The minimum Gasteiger partial charge on any atom is -0.497 e. The molecule has 7 heteroatoms. The molecule has 0 bridgehead atoms. The Morgan fingerprint density at radius 3 is 2.52 bits per heavy atom. The third kappa shape index (κ3) is 5.12. The van der Waals surface area contributed by atoms with Crippen LogP contribution in [0.3, 0.4) is 0 Å². The lowest BCUT2D eigenvalue weighted by Gasteiger charge is -2.04. The number of hydrogen-bond donors (Lipinski definition) is 1. The summed E-state index contributed by atoms with van der Waals surface area (Å²) in [7, 11) is 1.63. The second-order valence-electron chi connectivity index (χ2n) is 5.43. The number of anilines is 1. The number of hydrogen-bond acceptors (Lipinski definition) is 7. The Morgan fingerprint density at radius 2 is 1.81 bits per heavy atom. The van der Waals surface area contributed by atoms with Crippen molar-refractivity contribution in [2.24, 2.45) is 5.10 Å². The second kappa shape index (κ2) is 9.10. The summed E-state index contributed by atoms with van der Waals surface area (Å²) in [5.41, 5.74) is 5.30. The highest BCUT2D eigenvalue weighted by molar-refractivity contribution is 5.80. The minimum absolute atomic E-state index is 0.311. The minimum atomic E-state index is 0.311. The Labute approximate surface area is 157 Å². The summed E-state index contributed by atoms with van der Waals surface area (Å²) in [6, 6.07) is 15.1. The molecule has 0 unspecified atom stereocenters. The van der Waals surface area contributed by atoms with Gasteiger partial charge in [0.25, 0.3) is 5.95 Å². The average molecular weight is 361 g/mol. The van der Waals surface area contributed by atoms with Gasteiger partial charge in [-0.1, -0.05) is 12.7 Å².